The number of hydrogen-bond donors (Lipinski definition) is 1. The van der Waals surface area contributed by atoms with Crippen LogP contribution in [0.2, 0.25) is 0 Å². The van der Waals surface area contributed by atoms with Crippen molar-refractivity contribution in [3.8, 4) is 11.5 Å². The molecule has 7 heteroatoms. The average Bonchev–Trinajstić information content (AvgIpc) is 3.00. The molecule has 0 unspecified atom stereocenters. The quantitative estimate of drug-likeness (QED) is 0.422. The highest BCUT2D eigenvalue weighted by atomic mass is 32.2. The van der Waals surface area contributed by atoms with Crippen LogP contribution in [-0.2, 0) is 4.79 Å². The van der Waals surface area contributed by atoms with Crippen molar-refractivity contribution in [1.82, 2.24) is 5.32 Å². The zero-order valence-electron chi connectivity index (χ0n) is 14.1. The van der Waals surface area contributed by atoms with Crippen molar-refractivity contribution < 1.29 is 14.3 Å². The summed E-state index contributed by atoms with van der Waals surface area (Å²) < 4.78 is 11.2. The fourth-order valence-corrected chi connectivity index (χ4v) is 2.75. The van der Waals surface area contributed by atoms with Gasteiger partial charge in [0.1, 0.15) is 0 Å². The second kappa shape index (κ2) is 9.97. The Hall–Kier alpha value is -2.02. The first kappa shape index (κ1) is 18.3. The van der Waals surface area contributed by atoms with Crippen molar-refractivity contribution in [1.29, 1.82) is 0 Å². The van der Waals surface area contributed by atoms with Crippen molar-refractivity contribution in [2.45, 2.75) is 32.6 Å². The third-order valence-electron chi connectivity index (χ3n) is 3.38. The lowest BCUT2D eigenvalue weighted by molar-refractivity contribution is -0.116. The number of amidine groups is 1. The molecule has 1 saturated heterocycles. The molecule has 1 aliphatic rings. The number of carbonyl (C=O) groups excluding carboxylic acids is 1. The summed E-state index contributed by atoms with van der Waals surface area (Å²) in [6.07, 6.45) is 6.28. The van der Waals surface area contributed by atoms with Crippen molar-refractivity contribution in [2.75, 3.05) is 19.5 Å². The van der Waals surface area contributed by atoms with Gasteiger partial charge in [0.25, 0.3) is 0 Å². The Kier molecular flexibility index (Phi) is 7.61. The third-order valence-corrected chi connectivity index (χ3v) is 4.25. The van der Waals surface area contributed by atoms with Gasteiger partial charge in [0.2, 0.25) is 5.91 Å². The Bertz CT molecular complexity index is 617. The number of benzene rings is 1. The Morgan fingerprint density at radius 3 is 2.88 bits per heavy atom. The van der Waals surface area contributed by atoms with E-state index in [4.69, 9.17) is 9.47 Å². The van der Waals surface area contributed by atoms with Gasteiger partial charge in [0.05, 0.1) is 25.7 Å². The SMILES string of the molecule is CCCCCCOc1ccc(C=NN=C2NC(=O)CS2)cc1OC. The van der Waals surface area contributed by atoms with Gasteiger partial charge < -0.3 is 14.8 Å². The molecule has 0 bridgehead atoms. The predicted octanol–water partition coefficient (Wildman–Crippen LogP) is 3.21. The summed E-state index contributed by atoms with van der Waals surface area (Å²) in [7, 11) is 1.62. The fraction of sp³-hybridized carbons (Fsp3) is 0.471. The van der Waals surface area contributed by atoms with Gasteiger partial charge in [-0.3, -0.25) is 4.79 Å². The number of hydrogen-bond acceptors (Lipinski definition) is 6. The van der Waals surface area contributed by atoms with E-state index in [0.29, 0.717) is 23.3 Å². The van der Waals surface area contributed by atoms with Gasteiger partial charge in [0.15, 0.2) is 16.7 Å². The van der Waals surface area contributed by atoms with Crippen LogP contribution in [0.4, 0.5) is 0 Å². The van der Waals surface area contributed by atoms with Crippen LogP contribution in [0.15, 0.2) is 28.4 Å². The first-order valence-corrected chi connectivity index (χ1v) is 9.06. The van der Waals surface area contributed by atoms with Gasteiger partial charge in [-0.15, -0.1) is 5.10 Å². The molecular formula is C17H23N3O3S. The van der Waals surface area contributed by atoms with E-state index in [-0.39, 0.29) is 5.91 Å². The van der Waals surface area contributed by atoms with Crippen LogP contribution in [0.3, 0.4) is 0 Å². The van der Waals surface area contributed by atoms with E-state index >= 15 is 0 Å². The van der Waals surface area contributed by atoms with Crippen molar-refractivity contribution in [3.05, 3.63) is 23.8 Å². The summed E-state index contributed by atoms with van der Waals surface area (Å²) in [5.41, 5.74) is 0.851. The molecule has 0 spiro atoms. The van der Waals surface area contributed by atoms with Gasteiger partial charge in [-0.1, -0.05) is 37.9 Å². The molecule has 1 amide bonds. The lowest BCUT2D eigenvalue weighted by atomic mass is 10.2. The molecule has 130 valence electrons. The van der Waals surface area contributed by atoms with Crippen molar-refractivity contribution >= 4 is 29.1 Å². The van der Waals surface area contributed by atoms with Gasteiger partial charge in [0, 0.05) is 0 Å². The van der Waals surface area contributed by atoms with Crippen LogP contribution in [0.5, 0.6) is 11.5 Å². The number of methoxy groups -OCH3 is 1. The maximum atomic E-state index is 11.1. The Morgan fingerprint density at radius 1 is 1.29 bits per heavy atom. The number of nitrogens with one attached hydrogen (secondary N) is 1. The summed E-state index contributed by atoms with van der Waals surface area (Å²) in [6.45, 7) is 2.88. The minimum atomic E-state index is -0.0453. The summed E-state index contributed by atoms with van der Waals surface area (Å²) in [6, 6.07) is 5.62. The molecule has 6 nitrogen and oxygen atoms in total. The molecule has 0 radical (unpaired) electrons. The Balaban J connectivity index is 1.91. The number of rotatable bonds is 9. The molecule has 1 fully saturated rings. The number of thioether (sulfide) groups is 1. The zero-order chi connectivity index (χ0) is 17.2. The second-order valence-electron chi connectivity index (χ2n) is 5.31. The van der Waals surface area contributed by atoms with Crippen LogP contribution in [0, 0.1) is 0 Å². The molecule has 24 heavy (non-hydrogen) atoms. The molecular weight excluding hydrogens is 326 g/mol. The zero-order valence-corrected chi connectivity index (χ0v) is 14.9. The number of amides is 1. The van der Waals surface area contributed by atoms with Crippen LogP contribution in [0.1, 0.15) is 38.2 Å². The molecule has 1 aromatic rings. The van der Waals surface area contributed by atoms with Crippen LogP contribution >= 0.6 is 11.8 Å². The van der Waals surface area contributed by atoms with Gasteiger partial charge in [-0.2, -0.15) is 5.10 Å². The molecule has 1 aliphatic heterocycles. The highest BCUT2D eigenvalue weighted by Gasteiger charge is 2.15. The van der Waals surface area contributed by atoms with E-state index in [1.807, 2.05) is 18.2 Å². The maximum absolute atomic E-state index is 11.1. The largest absolute Gasteiger partial charge is 0.493 e. The molecule has 0 saturated carbocycles. The molecule has 1 heterocycles. The summed E-state index contributed by atoms with van der Waals surface area (Å²) in [4.78, 5) is 11.1. The van der Waals surface area contributed by atoms with Gasteiger partial charge in [-0.25, -0.2) is 0 Å². The highest BCUT2D eigenvalue weighted by Crippen LogP contribution is 2.27. The van der Waals surface area contributed by atoms with Crippen molar-refractivity contribution in [2.24, 2.45) is 10.2 Å². The van der Waals surface area contributed by atoms with Gasteiger partial charge >= 0.3 is 0 Å². The van der Waals surface area contributed by atoms with Crippen molar-refractivity contribution in [3.63, 3.8) is 0 Å². The maximum Gasteiger partial charge on any atom is 0.236 e. The molecule has 1 aromatic carbocycles. The minimum Gasteiger partial charge on any atom is -0.493 e. The lowest BCUT2D eigenvalue weighted by Crippen LogP contribution is -2.19. The summed E-state index contributed by atoms with van der Waals surface area (Å²) in [5.74, 6) is 1.75. The Morgan fingerprint density at radius 2 is 2.17 bits per heavy atom. The first-order chi connectivity index (χ1) is 11.7. The van der Waals surface area contributed by atoms with E-state index in [9.17, 15) is 4.79 Å². The molecule has 2 rings (SSSR count). The lowest BCUT2D eigenvalue weighted by Gasteiger charge is -2.11. The first-order valence-electron chi connectivity index (χ1n) is 8.07. The van der Waals surface area contributed by atoms with Crippen LogP contribution in [-0.4, -0.2) is 36.8 Å². The normalized spacial score (nSPS) is 15.9. The third kappa shape index (κ3) is 5.88. The predicted molar refractivity (Wildman–Crippen MR) is 98.3 cm³/mol. The monoisotopic (exact) mass is 349 g/mol. The van der Waals surface area contributed by atoms with E-state index in [2.05, 4.69) is 22.4 Å². The van der Waals surface area contributed by atoms with Crippen LogP contribution < -0.4 is 14.8 Å². The summed E-state index contributed by atoms with van der Waals surface area (Å²) in [5, 5.41) is 11.1. The molecule has 0 aromatic heterocycles. The average molecular weight is 349 g/mol. The molecule has 0 aliphatic carbocycles. The van der Waals surface area contributed by atoms with Gasteiger partial charge in [-0.05, 0) is 30.2 Å². The second-order valence-corrected chi connectivity index (χ2v) is 6.27. The van der Waals surface area contributed by atoms with E-state index < -0.39 is 0 Å². The van der Waals surface area contributed by atoms with Crippen LogP contribution in [0.25, 0.3) is 0 Å². The number of unbranched alkanes of at least 4 members (excludes halogenated alkanes) is 3. The van der Waals surface area contributed by atoms with E-state index in [1.165, 1.54) is 31.0 Å². The standard InChI is InChI=1S/C17H23N3O3S/c1-3-4-5-6-9-23-14-8-7-13(10-15(14)22-2)11-18-20-17-19-16(21)12-24-17/h7-8,10-11H,3-6,9,12H2,1-2H3,(H,19,20,21). The number of carbonyl (C=O) groups is 1. The number of ether oxygens (including phenoxy) is 2. The summed E-state index contributed by atoms with van der Waals surface area (Å²) >= 11 is 1.34. The topological polar surface area (TPSA) is 72.3 Å². The highest BCUT2D eigenvalue weighted by molar-refractivity contribution is 8.15. The Labute approximate surface area is 146 Å². The molecule has 1 N–H and O–H groups in total. The number of nitrogens with zero attached hydrogens (tertiary/aromatic N) is 2. The van der Waals surface area contributed by atoms with E-state index in [1.54, 1.807) is 13.3 Å². The minimum absolute atomic E-state index is 0.0453. The molecule has 0 atom stereocenters. The fourth-order valence-electron chi connectivity index (χ4n) is 2.12. The van der Waals surface area contributed by atoms with E-state index in [0.717, 1.165) is 17.7 Å². The smallest absolute Gasteiger partial charge is 0.236 e.